The van der Waals surface area contributed by atoms with Crippen LogP contribution >= 0.6 is 0 Å². The van der Waals surface area contributed by atoms with E-state index in [2.05, 4.69) is 43.0 Å². The molecule has 0 spiro atoms. The number of amides is 1. The molecule has 1 aliphatic carbocycles. The fourth-order valence-corrected chi connectivity index (χ4v) is 4.01. The lowest BCUT2D eigenvalue weighted by atomic mass is 10.0. The zero-order valence-electron chi connectivity index (χ0n) is 17.2. The molecule has 1 aromatic carbocycles. The number of carbonyl (C=O) groups is 1. The highest BCUT2D eigenvalue weighted by Gasteiger charge is 2.35. The van der Waals surface area contributed by atoms with Crippen molar-refractivity contribution in [1.29, 1.82) is 0 Å². The molecule has 0 radical (unpaired) electrons. The lowest BCUT2D eigenvalue weighted by Crippen LogP contribution is -2.49. The zero-order chi connectivity index (χ0) is 19.7. The molecule has 2 fully saturated rings. The molecule has 0 N–H and O–H groups in total. The molecule has 28 heavy (non-hydrogen) atoms. The van der Waals surface area contributed by atoms with Crippen molar-refractivity contribution >= 4 is 11.7 Å². The topological polar surface area (TPSA) is 49.3 Å². The SMILES string of the molecule is CCc1nc(C)nc(N2CCN(C(=O)C3CC3)CC2)c1Cc1ccc(C)cc1. The van der Waals surface area contributed by atoms with E-state index in [1.54, 1.807) is 0 Å². The first-order valence-electron chi connectivity index (χ1n) is 10.5. The minimum absolute atomic E-state index is 0.302. The number of aryl methyl sites for hydroxylation is 3. The molecule has 1 saturated carbocycles. The summed E-state index contributed by atoms with van der Waals surface area (Å²) >= 11 is 0. The maximum absolute atomic E-state index is 12.4. The Morgan fingerprint density at radius 1 is 1.04 bits per heavy atom. The molecule has 1 aromatic heterocycles. The summed E-state index contributed by atoms with van der Waals surface area (Å²) in [4.78, 5) is 26.4. The highest BCUT2D eigenvalue weighted by atomic mass is 16.2. The fourth-order valence-electron chi connectivity index (χ4n) is 4.01. The monoisotopic (exact) mass is 378 g/mol. The van der Waals surface area contributed by atoms with Crippen LogP contribution in [-0.2, 0) is 17.6 Å². The minimum Gasteiger partial charge on any atom is -0.353 e. The number of piperazine rings is 1. The molecule has 2 aliphatic rings. The van der Waals surface area contributed by atoms with E-state index in [1.165, 1.54) is 16.7 Å². The van der Waals surface area contributed by atoms with E-state index in [-0.39, 0.29) is 0 Å². The third-order valence-corrected chi connectivity index (χ3v) is 5.84. The van der Waals surface area contributed by atoms with E-state index in [9.17, 15) is 4.79 Å². The Hall–Kier alpha value is -2.43. The van der Waals surface area contributed by atoms with E-state index in [0.29, 0.717) is 11.8 Å². The third kappa shape index (κ3) is 4.03. The predicted octanol–water partition coefficient (Wildman–Crippen LogP) is 3.31. The zero-order valence-corrected chi connectivity index (χ0v) is 17.2. The predicted molar refractivity (Wildman–Crippen MR) is 112 cm³/mol. The molecule has 0 bridgehead atoms. The third-order valence-electron chi connectivity index (χ3n) is 5.84. The summed E-state index contributed by atoms with van der Waals surface area (Å²) in [6, 6.07) is 8.73. The number of benzene rings is 1. The maximum Gasteiger partial charge on any atom is 0.225 e. The Kier molecular flexibility index (Phi) is 5.33. The van der Waals surface area contributed by atoms with Gasteiger partial charge in [0.1, 0.15) is 11.6 Å². The Labute approximate surface area is 167 Å². The number of nitrogens with zero attached hydrogens (tertiary/aromatic N) is 4. The second kappa shape index (κ2) is 7.90. The highest BCUT2D eigenvalue weighted by molar-refractivity contribution is 5.81. The summed E-state index contributed by atoms with van der Waals surface area (Å²) in [5.74, 6) is 2.55. The van der Waals surface area contributed by atoms with Crippen LogP contribution in [0.25, 0.3) is 0 Å². The lowest BCUT2D eigenvalue weighted by molar-refractivity contribution is -0.132. The van der Waals surface area contributed by atoms with E-state index in [1.807, 2.05) is 11.8 Å². The molecule has 2 aromatic rings. The van der Waals surface area contributed by atoms with Gasteiger partial charge in [-0.2, -0.15) is 0 Å². The highest BCUT2D eigenvalue weighted by Crippen LogP contribution is 2.32. The molecular weight excluding hydrogens is 348 g/mol. The quantitative estimate of drug-likeness (QED) is 0.801. The first kappa shape index (κ1) is 18.9. The van der Waals surface area contributed by atoms with Crippen molar-refractivity contribution in [2.24, 2.45) is 5.92 Å². The number of anilines is 1. The smallest absolute Gasteiger partial charge is 0.225 e. The standard InChI is InChI=1S/C23H30N4O/c1-4-21-20(15-18-7-5-16(2)6-8-18)22(25-17(3)24-21)26-11-13-27(14-12-26)23(28)19-9-10-19/h5-8,19H,4,9-15H2,1-3H3. The Bertz CT molecular complexity index is 850. The van der Waals surface area contributed by atoms with Gasteiger partial charge in [-0.1, -0.05) is 36.8 Å². The second-order valence-corrected chi connectivity index (χ2v) is 8.12. The van der Waals surface area contributed by atoms with Crippen LogP contribution in [0.3, 0.4) is 0 Å². The van der Waals surface area contributed by atoms with Crippen LogP contribution in [0.4, 0.5) is 5.82 Å². The number of hydrogen-bond donors (Lipinski definition) is 0. The van der Waals surface area contributed by atoms with Crippen LogP contribution < -0.4 is 4.90 Å². The van der Waals surface area contributed by atoms with E-state index >= 15 is 0 Å². The number of hydrogen-bond acceptors (Lipinski definition) is 4. The molecule has 1 aliphatic heterocycles. The molecule has 4 rings (SSSR count). The molecule has 0 atom stereocenters. The van der Waals surface area contributed by atoms with Gasteiger partial charge in [0, 0.05) is 49.8 Å². The summed E-state index contributed by atoms with van der Waals surface area (Å²) in [5, 5.41) is 0. The molecule has 0 unspecified atom stereocenters. The van der Waals surface area contributed by atoms with Gasteiger partial charge in [0.05, 0.1) is 0 Å². The largest absolute Gasteiger partial charge is 0.353 e. The number of carbonyl (C=O) groups excluding carboxylic acids is 1. The van der Waals surface area contributed by atoms with Crippen LogP contribution in [0.5, 0.6) is 0 Å². The molecule has 2 heterocycles. The summed E-state index contributed by atoms with van der Waals surface area (Å²) in [6.45, 7) is 9.54. The van der Waals surface area contributed by atoms with Gasteiger partial charge in [0.15, 0.2) is 0 Å². The van der Waals surface area contributed by atoms with Crippen LogP contribution in [0.1, 0.15) is 48.0 Å². The van der Waals surface area contributed by atoms with Crippen molar-refractivity contribution in [2.75, 3.05) is 31.1 Å². The minimum atomic E-state index is 0.302. The van der Waals surface area contributed by atoms with Crippen LogP contribution in [0.2, 0.25) is 0 Å². The van der Waals surface area contributed by atoms with E-state index in [0.717, 1.165) is 69.2 Å². The molecule has 5 heteroatoms. The Balaban J connectivity index is 1.58. The molecule has 1 saturated heterocycles. The summed E-state index contributed by atoms with van der Waals surface area (Å²) in [6.07, 6.45) is 3.90. The average molecular weight is 379 g/mol. The Morgan fingerprint density at radius 2 is 1.71 bits per heavy atom. The van der Waals surface area contributed by atoms with Crippen molar-refractivity contribution in [3.05, 3.63) is 52.5 Å². The normalized spacial score (nSPS) is 17.1. The molecule has 1 amide bonds. The second-order valence-electron chi connectivity index (χ2n) is 8.12. The van der Waals surface area contributed by atoms with Gasteiger partial charge in [0.2, 0.25) is 5.91 Å². The van der Waals surface area contributed by atoms with Crippen molar-refractivity contribution in [1.82, 2.24) is 14.9 Å². The molecule has 5 nitrogen and oxygen atoms in total. The van der Waals surface area contributed by atoms with Gasteiger partial charge in [-0.15, -0.1) is 0 Å². The molecular formula is C23H30N4O. The van der Waals surface area contributed by atoms with Crippen LogP contribution in [-0.4, -0.2) is 47.0 Å². The summed E-state index contributed by atoms with van der Waals surface area (Å²) in [5.41, 5.74) is 4.94. The van der Waals surface area contributed by atoms with Crippen LogP contribution in [0, 0.1) is 19.8 Å². The van der Waals surface area contributed by atoms with Gasteiger partial charge in [-0.3, -0.25) is 4.79 Å². The van der Waals surface area contributed by atoms with E-state index in [4.69, 9.17) is 9.97 Å². The Morgan fingerprint density at radius 3 is 2.32 bits per heavy atom. The van der Waals surface area contributed by atoms with Gasteiger partial charge < -0.3 is 9.80 Å². The van der Waals surface area contributed by atoms with Gasteiger partial charge >= 0.3 is 0 Å². The van der Waals surface area contributed by atoms with Crippen molar-refractivity contribution in [2.45, 2.75) is 46.5 Å². The first-order valence-corrected chi connectivity index (χ1v) is 10.5. The summed E-state index contributed by atoms with van der Waals surface area (Å²) in [7, 11) is 0. The lowest BCUT2D eigenvalue weighted by Gasteiger charge is -2.36. The van der Waals surface area contributed by atoms with Gasteiger partial charge in [-0.05, 0) is 38.7 Å². The van der Waals surface area contributed by atoms with Crippen molar-refractivity contribution < 1.29 is 4.79 Å². The van der Waals surface area contributed by atoms with Gasteiger partial charge in [-0.25, -0.2) is 9.97 Å². The maximum atomic E-state index is 12.4. The number of aromatic nitrogens is 2. The van der Waals surface area contributed by atoms with Crippen molar-refractivity contribution in [3.8, 4) is 0 Å². The summed E-state index contributed by atoms with van der Waals surface area (Å²) < 4.78 is 0. The number of rotatable bonds is 5. The van der Waals surface area contributed by atoms with Crippen molar-refractivity contribution in [3.63, 3.8) is 0 Å². The first-order chi connectivity index (χ1) is 13.5. The van der Waals surface area contributed by atoms with Crippen LogP contribution in [0.15, 0.2) is 24.3 Å². The van der Waals surface area contributed by atoms with Gasteiger partial charge in [0.25, 0.3) is 0 Å². The van der Waals surface area contributed by atoms with E-state index < -0.39 is 0 Å². The average Bonchev–Trinajstić information content (AvgIpc) is 3.55. The fraction of sp³-hybridized carbons (Fsp3) is 0.522. The molecule has 148 valence electrons.